The monoisotopic (exact) mass is 583 g/mol. The van der Waals surface area contributed by atoms with Crippen LogP contribution in [0, 0.1) is 17.6 Å². The van der Waals surface area contributed by atoms with E-state index in [1.165, 1.54) is 25.4 Å². The van der Waals surface area contributed by atoms with Gasteiger partial charge < -0.3 is 24.3 Å². The molecule has 1 fully saturated rings. The van der Waals surface area contributed by atoms with Crippen LogP contribution in [0.5, 0.6) is 11.5 Å². The molecule has 41 heavy (non-hydrogen) atoms. The highest BCUT2D eigenvalue weighted by Crippen LogP contribution is 2.39. The molecule has 0 aliphatic carbocycles. The number of benzene rings is 2. The Kier molecular flexibility index (Phi) is 8.59. The summed E-state index contributed by atoms with van der Waals surface area (Å²) in [7, 11) is 1.21. The SMILES string of the molecule is COc1cc(F)c([C@@H]2CN(c3cccn(CCF)c3=O)C(=O)C2CNC(=O)c2ccc(OC(F)(F)F)cc2)c(F)c1. The zero-order valence-electron chi connectivity index (χ0n) is 21.4. The van der Waals surface area contributed by atoms with Crippen LogP contribution >= 0.6 is 0 Å². The maximum absolute atomic E-state index is 15.1. The van der Waals surface area contributed by atoms with Crippen LogP contribution in [-0.2, 0) is 11.3 Å². The van der Waals surface area contributed by atoms with E-state index in [4.69, 9.17) is 4.74 Å². The second-order valence-corrected chi connectivity index (χ2v) is 9.03. The number of pyridine rings is 1. The molecule has 1 aliphatic rings. The number of nitrogens with zero attached hydrogens (tertiary/aromatic N) is 2. The Morgan fingerprint density at radius 3 is 2.29 bits per heavy atom. The zero-order valence-corrected chi connectivity index (χ0v) is 21.4. The van der Waals surface area contributed by atoms with Crippen molar-refractivity contribution in [3.05, 3.63) is 87.8 Å². The predicted octanol–water partition coefficient (Wildman–Crippen LogP) is 4.18. The van der Waals surface area contributed by atoms with Crippen molar-refractivity contribution in [2.75, 3.05) is 31.8 Å². The summed E-state index contributed by atoms with van der Waals surface area (Å²) in [6.07, 6.45) is -3.59. The molecule has 4 rings (SSSR count). The third-order valence-electron chi connectivity index (χ3n) is 6.56. The van der Waals surface area contributed by atoms with E-state index < -0.39 is 71.7 Å². The lowest BCUT2D eigenvalue weighted by Crippen LogP contribution is -2.38. The van der Waals surface area contributed by atoms with E-state index in [1.807, 2.05) is 0 Å². The molecular weight excluding hydrogens is 560 g/mol. The van der Waals surface area contributed by atoms with Crippen LogP contribution in [0.3, 0.4) is 0 Å². The summed E-state index contributed by atoms with van der Waals surface area (Å²) in [4.78, 5) is 40.2. The summed E-state index contributed by atoms with van der Waals surface area (Å²) >= 11 is 0. The van der Waals surface area contributed by atoms with Crippen molar-refractivity contribution in [1.82, 2.24) is 9.88 Å². The number of hydrogen-bond acceptors (Lipinski definition) is 5. The lowest BCUT2D eigenvalue weighted by molar-refractivity contribution is -0.274. The molecule has 1 aromatic heterocycles. The molecule has 1 aliphatic heterocycles. The van der Waals surface area contributed by atoms with Crippen LogP contribution < -0.4 is 25.2 Å². The fourth-order valence-electron chi connectivity index (χ4n) is 4.67. The number of hydrogen-bond donors (Lipinski definition) is 1. The summed E-state index contributed by atoms with van der Waals surface area (Å²) < 4.78 is 90.1. The van der Waals surface area contributed by atoms with Crippen molar-refractivity contribution >= 4 is 17.5 Å². The highest BCUT2D eigenvalue weighted by atomic mass is 19.4. The van der Waals surface area contributed by atoms with Crippen molar-refractivity contribution in [3.8, 4) is 11.5 Å². The van der Waals surface area contributed by atoms with Crippen molar-refractivity contribution in [3.63, 3.8) is 0 Å². The second-order valence-electron chi connectivity index (χ2n) is 9.03. The van der Waals surface area contributed by atoms with Gasteiger partial charge in [-0.05, 0) is 36.4 Å². The van der Waals surface area contributed by atoms with Gasteiger partial charge in [0.1, 0.15) is 35.5 Å². The third-order valence-corrected chi connectivity index (χ3v) is 6.56. The highest BCUT2D eigenvalue weighted by molar-refractivity contribution is 5.99. The summed E-state index contributed by atoms with van der Waals surface area (Å²) in [6.45, 7) is -1.89. The minimum absolute atomic E-state index is 0.0719. The molecule has 0 spiro atoms. The van der Waals surface area contributed by atoms with Crippen molar-refractivity contribution in [1.29, 1.82) is 0 Å². The first-order chi connectivity index (χ1) is 19.4. The summed E-state index contributed by atoms with van der Waals surface area (Å²) in [6, 6.07) is 8.59. The summed E-state index contributed by atoms with van der Waals surface area (Å²) in [5.74, 6) is -6.62. The number of aryl methyl sites for hydroxylation is 1. The number of amides is 2. The Labute approximate surface area is 229 Å². The number of carbonyl (C=O) groups is 2. The van der Waals surface area contributed by atoms with Crippen LogP contribution in [0.15, 0.2) is 59.5 Å². The van der Waals surface area contributed by atoms with E-state index >= 15 is 8.78 Å². The van der Waals surface area contributed by atoms with Gasteiger partial charge >= 0.3 is 6.36 Å². The van der Waals surface area contributed by atoms with E-state index in [1.54, 1.807) is 0 Å². The third kappa shape index (κ3) is 6.47. The quantitative estimate of drug-likeness (QED) is 0.382. The van der Waals surface area contributed by atoms with Crippen molar-refractivity contribution in [2.45, 2.75) is 18.8 Å². The van der Waals surface area contributed by atoms with Crippen LogP contribution in [0.1, 0.15) is 21.8 Å². The molecule has 2 aromatic carbocycles. The number of ether oxygens (including phenoxy) is 2. The number of alkyl halides is 4. The van der Waals surface area contributed by atoms with Gasteiger partial charge in [0.2, 0.25) is 5.91 Å². The molecule has 218 valence electrons. The zero-order chi connectivity index (χ0) is 29.9. The van der Waals surface area contributed by atoms with E-state index in [0.29, 0.717) is 0 Å². The van der Waals surface area contributed by atoms with E-state index in [2.05, 4.69) is 10.1 Å². The molecule has 8 nitrogen and oxygen atoms in total. The average molecular weight is 583 g/mol. The lowest BCUT2D eigenvalue weighted by Gasteiger charge is -2.19. The van der Waals surface area contributed by atoms with E-state index in [9.17, 15) is 31.9 Å². The largest absolute Gasteiger partial charge is 0.573 e. The maximum Gasteiger partial charge on any atom is 0.573 e. The van der Waals surface area contributed by atoms with E-state index in [-0.39, 0.29) is 30.1 Å². The molecule has 0 bridgehead atoms. The summed E-state index contributed by atoms with van der Waals surface area (Å²) in [5, 5.41) is 2.47. The van der Waals surface area contributed by atoms with Gasteiger partial charge in [0.05, 0.1) is 19.6 Å². The van der Waals surface area contributed by atoms with Gasteiger partial charge in [0.25, 0.3) is 11.5 Å². The first-order valence-corrected chi connectivity index (χ1v) is 12.2. The number of rotatable bonds is 9. The Balaban J connectivity index is 1.64. The minimum atomic E-state index is -4.92. The van der Waals surface area contributed by atoms with Crippen LogP contribution in [0.4, 0.5) is 32.0 Å². The number of aromatic nitrogens is 1. The van der Waals surface area contributed by atoms with Gasteiger partial charge in [-0.25, -0.2) is 13.2 Å². The Bertz CT molecular complexity index is 1470. The molecule has 2 amide bonds. The Hall–Kier alpha value is -4.49. The number of anilines is 1. The molecule has 1 N–H and O–H groups in total. The Morgan fingerprint density at radius 2 is 1.71 bits per heavy atom. The standard InChI is InChI=1S/C27H23F6N3O5/c1-40-17-11-20(29)23(21(30)12-17)19-14-36(22-3-2-9-35(10-8-28)26(22)39)25(38)18(19)13-34-24(37)15-4-6-16(7-5-15)41-27(31,32)33/h2-7,9,11-12,18-19H,8,10,13-14H2,1H3,(H,34,37)/t18?,19-/m1/s1. The molecule has 1 saturated heterocycles. The van der Waals surface area contributed by atoms with Gasteiger partial charge in [-0.15, -0.1) is 13.2 Å². The average Bonchev–Trinajstić information content (AvgIpc) is 3.22. The first-order valence-electron chi connectivity index (χ1n) is 12.2. The highest BCUT2D eigenvalue weighted by Gasteiger charge is 2.45. The fourth-order valence-corrected chi connectivity index (χ4v) is 4.67. The smallest absolute Gasteiger partial charge is 0.497 e. The molecular formula is C27H23F6N3O5. The van der Waals surface area contributed by atoms with Gasteiger partial charge in [0.15, 0.2) is 0 Å². The molecule has 2 atom stereocenters. The molecule has 3 aromatic rings. The molecule has 0 saturated carbocycles. The van der Waals surface area contributed by atoms with Crippen molar-refractivity contribution < 1.29 is 45.4 Å². The van der Waals surface area contributed by atoms with Gasteiger partial charge in [0, 0.05) is 48.5 Å². The predicted molar refractivity (Wildman–Crippen MR) is 134 cm³/mol. The molecule has 0 radical (unpaired) electrons. The molecule has 2 heterocycles. The van der Waals surface area contributed by atoms with Gasteiger partial charge in [-0.2, -0.15) is 0 Å². The normalized spacial score (nSPS) is 17.0. The number of halogens is 6. The molecule has 1 unspecified atom stereocenters. The minimum Gasteiger partial charge on any atom is -0.497 e. The summed E-state index contributed by atoms with van der Waals surface area (Å²) in [5.41, 5.74) is -1.37. The second kappa shape index (κ2) is 11.9. The number of nitrogens with one attached hydrogen (secondary N) is 1. The molecule has 14 heteroatoms. The van der Waals surface area contributed by atoms with Crippen LogP contribution in [0.2, 0.25) is 0 Å². The topological polar surface area (TPSA) is 89.9 Å². The van der Waals surface area contributed by atoms with Gasteiger partial charge in [-0.3, -0.25) is 14.4 Å². The van der Waals surface area contributed by atoms with Gasteiger partial charge in [-0.1, -0.05) is 0 Å². The van der Waals surface area contributed by atoms with E-state index in [0.717, 1.165) is 45.9 Å². The first kappa shape index (κ1) is 29.5. The fraction of sp³-hybridized carbons (Fsp3) is 0.296. The van der Waals surface area contributed by atoms with Crippen molar-refractivity contribution in [2.24, 2.45) is 5.92 Å². The Morgan fingerprint density at radius 1 is 1.05 bits per heavy atom. The number of carbonyl (C=O) groups excluding carboxylic acids is 2. The van der Waals surface area contributed by atoms with Crippen LogP contribution in [-0.4, -0.2) is 49.6 Å². The number of methoxy groups -OCH3 is 1. The lowest BCUT2D eigenvalue weighted by atomic mass is 9.87. The maximum atomic E-state index is 15.1. The van der Waals surface area contributed by atoms with Crippen LogP contribution in [0.25, 0.3) is 0 Å².